The number of rotatable bonds is 5. The maximum atomic E-state index is 12.1. The highest BCUT2D eigenvalue weighted by Crippen LogP contribution is 2.25. The lowest BCUT2D eigenvalue weighted by Crippen LogP contribution is -2.23. The minimum atomic E-state index is -3.83. The van der Waals surface area contributed by atoms with Gasteiger partial charge in [0.25, 0.3) is 0 Å². The van der Waals surface area contributed by atoms with E-state index in [1.54, 1.807) is 6.07 Å². The van der Waals surface area contributed by atoms with Gasteiger partial charge in [-0.3, -0.25) is 0 Å². The smallest absolute Gasteiger partial charge is 0.371 e. The summed E-state index contributed by atoms with van der Waals surface area (Å²) in [5.41, 5.74) is 0. The Kier molecular flexibility index (Phi) is 4.72. The van der Waals surface area contributed by atoms with Gasteiger partial charge >= 0.3 is 5.97 Å². The summed E-state index contributed by atoms with van der Waals surface area (Å²) in [6, 6.07) is 7.01. The zero-order chi connectivity index (χ0) is 15.6. The third-order valence-electron chi connectivity index (χ3n) is 2.49. The molecule has 0 bridgehead atoms. The van der Waals surface area contributed by atoms with Crippen molar-refractivity contribution in [3.63, 3.8) is 0 Å². The molecule has 2 aromatic rings. The normalized spacial score (nSPS) is 11.5. The molecular formula is C12H9BrClNO5S. The zero-order valence-electron chi connectivity index (χ0n) is 10.3. The lowest BCUT2D eigenvalue weighted by Gasteiger charge is -2.07. The number of furan rings is 1. The van der Waals surface area contributed by atoms with E-state index in [-0.39, 0.29) is 28.0 Å². The number of hydrogen-bond donors (Lipinski definition) is 2. The first-order chi connectivity index (χ1) is 9.79. The fourth-order valence-corrected chi connectivity index (χ4v) is 3.55. The van der Waals surface area contributed by atoms with Gasteiger partial charge in [0.15, 0.2) is 0 Å². The molecule has 1 aromatic carbocycles. The number of carboxylic acids is 1. The number of sulfonamides is 1. The molecule has 2 rings (SSSR count). The van der Waals surface area contributed by atoms with Crippen molar-refractivity contribution in [1.82, 2.24) is 4.72 Å². The average molecular weight is 395 g/mol. The summed E-state index contributed by atoms with van der Waals surface area (Å²) in [6.45, 7) is -0.179. The molecule has 0 amide bonds. The van der Waals surface area contributed by atoms with Gasteiger partial charge < -0.3 is 9.52 Å². The van der Waals surface area contributed by atoms with Crippen LogP contribution in [0.15, 0.2) is 44.1 Å². The first kappa shape index (κ1) is 16.0. The van der Waals surface area contributed by atoms with Crippen LogP contribution in [-0.2, 0) is 16.6 Å². The fraction of sp³-hybridized carbons (Fsp3) is 0.0833. The number of carboxylic acid groups (broad SMARTS) is 1. The first-order valence-electron chi connectivity index (χ1n) is 5.56. The molecule has 112 valence electrons. The number of carbonyl (C=O) groups is 1. The largest absolute Gasteiger partial charge is 0.475 e. The molecule has 1 aromatic heterocycles. The summed E-state index contributed by atoms with van der Waals surface area (Å²) < 4.78 is 32.1. The predicted octanol–water partition coefficient (Wildman–Crippen LogP) is 2.87. The summed E-state index contributed by atoms with van der Waals surface area (Å²) in [7, 11) is -3.83. The van der Waals surface area contributed by atoms with Crippen molar-refractivity contribution in [2.75, 3.05) is 0 Å². The molecule has 0 unspecified atom stereocenters. The van der Waals surface area contributed by atoms with E-state index in [4.69, 9.17) is 21.1 Å². The van der Waals surface area contributed by atoms with Crippen molar-refractivity contribution >= 4 is 43.5 Å². The molecule has 21 heavy (non-hydrogen) atoms. The molecule has 1 heterocycles. The van der Waals surface area contributed by atoms with Gasteiger partial charge in [-0.05, 0) is 30.3 Å². The third kappa shape index (κ3) is 3.85. The Bertz CT molecular complexity index is 787. The number of nitrogens with one attached hydrogen (secondary N) is 1. The van der Waals surface area contributed by atoms with E-state index in [1.807, 2.05) is 0 Å². The van der Waals surface area contributed by atoms with Crippen LogP contribution in [0.25, 0.3) is 0 Å². The van der Waals surface area contributed by atoms with Crippen molar-refractivity contribution in [3.8, 4) is 0 Å². The van der Waals surface area contributed by atoms with Gasteiger partial charge in [0, 0.05) is 4.47 Å². The molecule has 0 aliphatic heterocycles. The average Bonchev–Trinajstić information content (AvgIpc) is 2.85. The molecule has 9 heteroatoms. The SMILES string of the molecule is O=C(O)c1ccc(CNS(=O)(=O)c2ccc(Br)cc2Cl)o1. The van der Waals surface area contributed by atoms with Crippen LogP contribution in [0, 0.1) is 0 Å². The standard InChI is InChI=1S/C12H9BrClNO5S/c13-7-1-4-11(9(14)5-7)21(18,19)15-6-8-2-3-10(20-8)12(16)17/h1-5,15H,6H2,(H,16,17). The number of benzene rings is 1. The van der Waals surface area contributed by atoms with Gasteiger partial charge in [0.05, 0.1) is 11.6 Å². The zero-order valence-corrected chi connectivity index (χ0v) is 13.5. The summed E-state index contributed by atoms with van der Waals surface area (Å²) in [6.07, 6.45) is 0. The van der Waals surface area contributed by atoms with E-state index in [9.17, 15) is 13.2 Å². The Morgan fingerprint density at radius 1 is 1.33 bits per heavy atom. The molecule has 2 N–H and O–H groups in total. The van der Waals surface area contributed by atoms with Crippen LogP contribution < -0.4 is 4.72 Å². The van der Waals surface area contributed by atoms with Crippen LogP contribution in [0.1, 0.15) is 16.3 Å². The van der Waals surface area contributed by atoms with Crippen molar-refractivity contribution in [3.05, 3.63) is 51.3 Å². The fourth-order valence-electron chi connectivity index (χ4n) is 1.52. The minimum absolute atomic E-state index is 0.0718. The molecule has 6 nitrogen and oxygen atoms in total. The topological polar surface area (TPSA) is 96.6 Å². The summed E-state index contributed by atoms with van der Waals surface area (Å²) in [4.78, 5) is 10.6. The van der Waals surface area contributed by atoms with Gasteiger partial charge in [-0.25, -0.2) is 17.9 Å². The van der Waals surface area contributed by atoms with Gasteiger partial charge in [-0.15, -0.1) is 0 Å². The summed E-state index contributed by atoms with van der Waals surface area (Å²) in [5, 5.41) is 8.78. The van der Waals surface area contributed by atoms with Gasteiger partial charge in [-0.2, -0.15) is 0 Å². The maximum absolute atomic E-state index is 12.1. The number of aromatic carboxylic acids is 1. The van der Waals surface area contributed by atoms with Crippen molar-refractivity contribution in [2.45, 2.75) is 11.4 Å². The van der Waals surface area contributed by atoms with Gasteiger partial charge in [0.2, 0.25) is 15.8 Å². The van der Waals surface area contributed by atoms with E-state index < -0.39 is 16.0 Å². The highest BCUT2D eigenvalue weighted by molar-refractivity contribution is 9.10. The van der Waals surface area contributed by atoms with E-state index in [1.165, 1.54) is 24.3 Å². The van der Waals surface area contributed by atoms with E-state index >= 15 is 0 Å². The van der Waals surface area contributed by atoms with Crippen LogP contribution in [0.2, 0.25) is 5.02 Å². The molecule has 0 atom stereocenters. The Balaban J connectivity index is 2.15. The second-order valence-corrected chi connectivity index (χ2v) is 7.03. The Morgan fingerprint density at radius 3 is 2.62 bits per heavy atom. The van der Waals surface area contributed by atoms with Crippen LogP contribution in [0.3, 0.4) is 0 Å². The summed E-state index contributed by atoms with van der Waals surface area (Å²) >= 11 is 9.08. The Labute approximate surface area is 133 Å². The third-order valence-corrected chi connectivity index (χ3v) is 4.87. The molecule has 0 aliphatic carbocycles. The van der Waals surface area contributed by atoms with Crippen molar-refractivity contribution in [1.29, 1.82) is 0 Å². The Hall–Kier alpha value is -1.35. The predicted molar refractivity (Wildman–Crippen MR) is 78.8 cm³/mol. The van der Waals surface area contributed by atoms with Crippen molar-refractivity contribution in [2.24, 2.45) is 0 Å². The molecule has 0 radical (unpaired) electrons. The van der Waals surface area contributed by atoms with Gasteiger partial charge in [0.1, 0.15) is 10.7 Å². The highest BCUT2D eigenvalue weighted by atomic mass is 79.9. The number of hydrogen-bond acceptors (Lipinski definition) is 4. The molecule has 0 saturated carbocycles. The summed E-state index contributed by atoms with van der Waals surface area (Å²) in [5.74, 6) is -1.30. The number of halogens is 2. The van der Waals surface area contributed by atoms with Crippen LogP contribution >= 0.6 is 27.5 Å². The Morgan fingerprint density at radius 2 is 2.05 bits per heavy atom. The highest BCUT2D eigenvalue weighted by Gasteiger charge is 2.19. The minimum Gasteiger partial charge on any atom is -0.475 e. The molecule has 0 fully saturated rings. The van der Waals surface area contributed by atoms with Crippen LogP contribution in [0.4, 0.5) is 0 Å². The lowest BCUT2D eigenvalue weighted by molar-refractivity contribution is 0.0660. The second kappa shape index (κ2) is 6.18. The molecule has 0 aliphatic rings. The van der Waals surface area contributed by atoms with Crippen molar-refractivity contribution < 1.29 is 22.7 Å². The molecule has 0 saturated heterocycles. The second-order valence-electron chi connectivity index (χ2n) is 3.97. The maximum Gasteiger partial charge on any atom is 0.371 e. The van der Waals surface area contributed by atoms with Gasteiger partial charge in [-0.1, -0.05) is 27.5 Å². The van der Waals surface area contributed by atoms with Crippen LogP contribution in [0.5, 0.6) is 0 Å². The lowest BCUT2D eigenvalue weighted by atomic mass is 10.4. The van der Waals surface area contributed by atoms with E-state index in [0.717, 1.165) is 0 Å². The van der Waals surface area contributed by atoms with Crippen LogP contribution in [-0.4, -0.2) is 19.5 Å². The molecule has 0 spiro atoms. The van der Waals surface area contributed by atoms with E-state index in [2.05, 4.69) is 20.7 Å². The monoisotopic (exact) mass is 393 g/mol. The molecular weight excluding hydrogens is 386 g/mol. The van der Waals surface area contributed by atoms with E-state index in [0.29, 0.717) is 4.47 Å². The first-order valence-corrected chi connectivity index (χ1v) is 8.22. The quantitative estimate of drug-likeness (QED) is 0.813.